The molecule has 0 amide bonds. The van der Waals surface area contributed by atoms with Gasteiger partial charge in [-0.15, -0.1) is 0 Å². The number of hydrogen-bond donors (Lipinski definition) is 0. The van der Waals surface area contributed by atoms with Gasteiger partial charge in [0, 0.05) is 0 Å². The molecule has 0 N–H and O–H groups in total. The fraction of sp³-hybridized carbons (Fsp3) is 0. The quantitative estimate of drug-likeness (QED) is 0.524. The predicted octanol–water partition coefficient (Wildman–Crippen LogP) is -1.00. The normalized spacial score (nSPS) is 2.00. The second kappa shape index (κ2) is 50.6. The summed E-state index contributed by atoms with van der Waals surface area (Å²) in [6.45, 7) is 0. The van der Waals surface area contributed by atoms with Gasteiger partial charge in [-0.05, 0) is 0 Å². The van der Waals surface area contributed by atoms with E-state index < -0.39 is 0 Å². The van der Waals surface area contributed by atoms with Crippen molar-refractivity contribution < 1.29 is 80.0 Å². The van der Waals surface area contributed by atoms with Crippen LogP contribution in [0.5, 0.6) is 0 Å². The van der Waals surface area contributed by atoms with Crippen LogP contribution in [-0.2, 0) is 6.44 Å². The third-order valence-corrected chi connectivity index (χ3v) is 0. The first-order chi connectivity index (χ1) is 3.00. The average molecular weight is 355 g/mol. The van der Waals surface area contributed by atoms with E-state index in [0.29, 0.717) is 16.2 Å². The van der Waals surface area contributed by atoms with Gasteiger partial charge in [-0.3, -0.25) is 0 Å². The van der Waals surface area contributed by atoms with E-state index in [1.54, 1.807) is 0 Å². The zero-order valence-electron chi connectivity index (χ0n) is 3.01. The van der Waals surface area contributed by atoms with E-state index >= 15 is 0 Å². The van der Waals surface area contributed by atoms with Crippen molar-refractivity contribution in [2.45, 2.75) is 0 Å². The molecule has 0 heterocycles. The third kappa shape index (κ3) is 31.4. The Hall–Kier alpha value is 2.50. The van der Waals surface area contributed by atoms with E-state index in [9.17, 15) is 0 Å². The van der Waals surface area contributed by atoms with Crippen molar-refractivity contribution in [2.75, 3.05) is 0 Å². The fourth-order valence-corrected chi connectivity index (χ4v) is 0. The van der Waals surface area contributed by atoms with E-state index in [1.807, 2.05) is 0 Å². The molecule has 0 unspecified atom stereocenters. The van der Waals surface area contributed by atoms with Crippen LogP contribution in [0.3, 0.4) is 0 Å². The monoisotopic (exact) mass is 355 g/mol. The number of rotatable bonds is 0. The maximum atomic E-state index is 8.42. The van der Waals surface area contributed by atoms with Crippen molar-refractivity contribution >= 4 is 16.2 Å². The van der Waals surface area contributed by atoms with E-state index in [0.717, 1.165) is 0 Å². The Morgan fingerprint density at radius 2 is 1.17 bits per heavy atom. The van der Waals surface area contributed by atoms with Crippen LogP contribution >= 0.6 is 0 Å². The summed E-state index contributed by atoms with van der Waals surface area (Å²) in [6, 6.07) is 0. The van der Waals surface area contributed by atoms with Gasteiger partial charge in [0.2, 0.25) is 0 Å². The molecule has 0 saturated heterocycles. The summed E-state index contributed by atoms with van der Waals surface area (Å²) in [4.78, 5) is 0. The van der Waals surface area contributed by atoms with Crippen LogP contribution in [0.25, 0.3) is 0 Å². The van der Waals surface area contributed by atoms with Crippen molar-refractivity contribution in [3.05, 3.63) is 0 Å². The molecule has 3 nitrogen and oxygen atoms in total. The van der Waals surface area contributed by atoms with E-state index in [1.165, 1.54) is 0 Å². The van der Waals surface area contributed by atoms with Crippen LogP contribution < -0.4 is 0 Å². The van der Waals surface area contributed by atoms with E-state index in [4.69, 9.17) is 6.44 Å². The molecule has 0 atom stereocenters. The van der Waals surface area contributed by atoms with Crippen molar-refractivity contribution in [2.24, 2.45) is 0 Å². The molecular weight excluding hydrogens is 354 g/mol. The molecule has 0 aromatic rings. The van der Waals surface area contributed by atoms with Gasteiger partial charge in [0.15, 0.2) is 0 Å². The van der Waals surface area contributed by atoms with E-state index in [-0.39, 0.29) is 73.6 Å². The van der Waals surface area contributed by atoms with Crippen LogP contribution in [0.1, 0.15) is 0 Å². The molecule has 0 radical (unpaired) electrons. The third-order valence-electron chi connectivity index (χ3n) is 0. The topological polar surface area (TPSA) is 51.2 Å². The summed E-state index contributed by atoms with van der Waals surface area (Å²) >= 11 is 0.583. The van der Waals surface area contributed by atoms with Crippen molar-refractivity contribution in [1.82, 2.24) is 0 Å². The van der Waals surface area contributed by atoms with Crippen LogP contribution in [0.15, 0.2) is 0 Å². The standard InChI is InChI=1S/Al.Ce.La.3O.H. The molecule has 0 spiro atoms. The first kappa shape index (κ1) is 15.8. The molecular formula is HAlCeLaO3. The molecule has 0 fully saturated rings. The summed E-state index contributed by atoms with van der Waals surface area (Å²) in [5, 5.41) is 0. The zero-order chi connectivity index (χ0) is 6.00. The van der Waals surface area contributed by atoms with Gasteiger partial charge in [-0.1, -0.05) is 0 Å². The van der Waals surface area contributed by atoms with Crippen molar-refractivity contribution in [3.8, 4) is 0 Å². The van der Waals surface area contributed by atoms with Crippen molar-refractivity contribution in [1.29, 1.82) is 0 Å². The summed E-state index contributed by atoms with van der Waals surface area (Å²) in [7, 11) is 0. The molecule has 0 rings (SSSR count). The summed E-state index contributed by atoms with van der Waals surface area (Å²) < 4.78 is 25.1. The van der Waals surface area contributed by atoms with Gasteiger partial charge in [0.1, 0.15) is 0 Å². The fourth-order valence-electron chi connectivity index (χ4n) is 0. The Morgan fingerprint density at radius 1 is 1.17 bits per heavy atom. The molecule has 0 aromatic carbocycles. The zero-order valence-corrected chi connectivity index (χ0v) is 11.2. The van der Waals surface area contributed by atoms with Crippen LogP contribution in [0, 0.1) is 73.6 Å². The average Bonchev–Trinajstić information content (AvgIpc) is 1.81. The predicted molar refractivity (Wildman–Crippen MR) is 9.21 cm³/mol. The molecule has 0 saturated carbocycles. The summed E-state index contributed by atoms with van der Waals surface area (Å²) in [5.41, 5.74) is 0. The van der Waals surface area contributed by atoms with Crippen LogP contribution in [-0.4, -0.2) is 16.2 Å². The summed E-state index contributed by atoms with van der Waals surface area (Å²) in [6.07, 6.45) is 0. The minimum atomic E-state index is -0.0833. The Balaban J connectivity index is -0.0000000225. The van der Waals surface area contributed by atoms with E-state index in [2.05, 4.69) is 0 Å². The molecule has 0 bridgehead atoms. The summed E-state index contributed by atoms with van der Waals surface area (Å²) in [5.74, 6) is 0. The van der Waals surface area contributed by atoms with Crippen LogP contribution in [0.2, 0.25) is 0 Å². The maximum absolute atomic E-state index is 8.42. The first-order valence-electron chi connectivity index (χ1n) is 0.729. The molecule has 6 heteroatoms. The Kier molecular flexibility index (Phi) is 133. The Labute approximate surface area is 93.8 Å². The van der Waals surface area contributed by atoms with Gasteiger partial charge in [0.05, 0.1) is 0 Å². The van der Waals surface area contributed by atoms with Crippen molar-refractivity contribution in [3.63, 3.8) is 0 Å². The first-order valence-corrected chi connectivity index (χ1v) is 4.07. The molecule has 0 aliphatic heterocycles. The molecule has 0 aromatic heterocycles. The molecule has 29 valence electrons. The van der Waals surface area contributed by atoms with Crippen LogP contribution in [0.4, 0.5) is 0 Å². The molecule has 0 aliphatic carbocycles. The second-order valence-corrected chi connectivity index (χ2v) is 0. The van der Waals surface area contributed by atoms with Gasteiger partial charge < -0.3 is 0 Å². The molecule has 0 aliphatic rings. The van der Waals surface area contributed by atoms with Gasteiger partial charge in [0.25, 0.3) is 0 Å². The Bertz CT molecular complexity index is 15.5. The second-order valence-electron chi connectivity index (χ2n) is 0. The van der Waals surface area contributed by atoms with Gasteiger partial charge in [-0.25, -0.2) is 0 Å². The molecule has 6 heavy (non-hydrogen) atoms. The number of hydrogen-bond acceptors (Lipinski definition) is 3. The van der Waals surface area contributed by atoms with Gasteiger partial charge >= 0.3 is 96.2 Å². The SMILES string of the molecule is [O]=[AlH].[O]=[Ce].[O]=[La]. The van der Waals surface area contributed by atoms with Gasteiger partial charge in [-0.2, -0.15) is 0 Å². The minimum absolute atomic E-state index is 0.0556. The Morgan fingerprint density at radius 3 is 1.17 bits per heavy atom.